The zero-order chi connectivity index (χ0) is 20.1. The number of hydrogen-bond acceptors (Lipinski definition) is 4. The number of hydrogen-bond donors (Lipinski definition) is 2. The lowest BCUT2D eigenvalue weighted by atomic mass is 9.89. The van der Waals surface area contributed by atoms with E-state index in [2.05, 4.69) is 22.4 Å². The van der Waals surface area contributed by atoms with Gasteiger partial charge >= 0.3 is 0 Å². The number of amides is 2. The summed E-state index contributed by atoms with van der Waals surface area (Å²) in [5, 5.41) is 2.87. The molecule has 3 atom stereocenters. The summed E-state index contributed by atoms with van der Waals surface area (Å²) >= 11 is 0. The van der Waals surface area contributed by atoms with E-state index in [-0.39, 0.29) is 54.4 Å². The van der Waals surface area contributed by atoms with Crippen molar-refractivity contribution in [2.24, 2.45) is 17.6 Å². The maximum absolute atomic E-state index is 13.2. The molecule has 3 N–H and O–H groups in total. The Hall–Kier alpha value is -2.15. The Bertz CT molecular complexity index is 805. The molecule has 0 saturated carbocycles. The normalized spacial score (nSPS) is 18.9. The minimum atomic E-state index is -0.595. The van der Waals surface area contributed by atoms with E-state index in [9.17, 15) is 9.59 Å². The molecule has 1 saturated heterocycles. The highest BCUT2D eigenvalue weighted by Gasteiger charge is 2.38. The molecule has 1 unspecified atom stereocenters. The summed E-state index contributed by atoms with van der Waals surface area (Å²) in [5.41, 5.74) is 7.51. The molecule has 6 nitrogen and oxygen atoms in total. The van der Waals surface area contributed by atoms with Gasteiger partial charge in [0.05, 0.1) is 0 Å². The molecule has 0 aliphatic carbocycles. The van der Waals surface area contributed by atoms with Crippen LogP contribution in [0, 0.1) is 11.8 Å². The SMILES string of the molecule is CC(C)C(NC(=O)c1ccccn1)C(=O)N1C[C@@H](CN)[C@H](c2ccccc2)C1.Cl.Cl. The topological polar surface area (TPSA) is 88.3 Å². The van der Waals surface area contributed by atoms with Crippen molar-refractivity contribution in [3.63, 3.8) is 0 Å². The van der Waals surface area contributed by atoms with Gasteiger partial charge in [0.2, 0.25) is 5.91 Å². The second-order valence-corrected chi connectivity index (χ2v) is 7.67. The fraction of sp³-hybridized carbons (Fsp3) is 0.409. The molecule has 30 heavy (non-hydrogen) atoms. The molecular formula is C22H30Cl2N4O2. The Labute approximate surface area is 190 Å². The minimum absolute atomic E-state index is 0. The van der Waals surface area contributed by atoms with Crippen LogP contribution in [0.25, 0.3) is 0 Å². The number of likely N-dealkylation sites (tertiary alicyclic amines) is 1. The second kappa shape index (κ2) is 11.9. The van der Waals surface area contributed by atoms with Gasteiger partial charge in [0.1, 0.15) is 11.7 Å². The van der Waals surface area contributed by atoms with E-state index in [1.54, 1.807) is 24.4 Å². The number of halogens is 2. The number of pyridine rings is 1. The monoisotopic (exact) mass is 452 g/mol. The Balaban J connectivity index is 0.00000225. The van der Waals surface area contributed by atoms with Crippen molar-refractivity contribution < 1.29 is 9.59 Å². The standard InChI is InChI=1S/C22H28N4O2.2ClH/c1-15(2)20(25-21(27)19-10-6-7-11-24-19)22(28)26-13-17(12-23)18(14-26)16-8-4-3-5-9-16;;/h3-11,15,17-18,20H,12-14,23H2,1-2H3,(H,25,27);2*1H/t17-,18+,20?;;/m1../s1. The number of carbonyl (C=O) groups excluding carboxylic acids is 2. The minimum Gasteiger partial charge on any atom is -0.340 e. The van der Waals surface area contributed by atoms with Crippen LogP contribution in [-0.2, 0) is 4.79 Å². The predicted molar refractivity (Wildman–Crippen MR) is 123 cm³/mol. The lowest BCUT2D eigenvalue weighted by Gasteiger charge is -2.27. The second-order valence-electron chi connectivity index (χ2n) is 7.67. The van der Waals surface area contributed by atoms with Crippen molar-refractivity contribution in [1.29, 1.82) is 0 Å². The summed E-state index contributed by atoms with van der Waals surface area (Å²) in [6.45, 7) is 5.62. The van der Waals surface area contributed by atoms with Gasteiger partial charge in [-0.05, 0) is 36.1 Å². The van der Waals surface area contributed by atoms with Gasteiger partial charge in [-0.3, -0.25) is 14.6 Å². The van der Waals surface area contributed by atoms with Crippen LogP contribution in [-0.4, -0.2) is 47.4 Å². The van der Waals surface area contributed by atoms with E-state index in [4.69, 9.17) is 5.73 Å². The summed E-state index contributed by atoms with van der Waals surface area (Å²) in [7, 11) is 0. The molecule has 1 aromatic carbocycles. The van der Waals surface area contributed by atoms with E-state index in [1.165, 1.54) is 5.56 Å². The molecule has 2 amide bonds. The number of nitrogens with two attached hydrogens (primary N) is 1. The predicted octanol–water partition coefficient (Wildman–Crippen LogP) is 2.88. The Morgan fingerprint density at radius 1 is 1.10 bits per heavy atom. The fourth-order valence-corrected chi connectivity index (χ4v) is 3.79. The van der Waals surface area contributed by atoms with Crippen molar-refractivity contribution in [2.45, 2.75) is 25.8 Å². The van der Waals surface area contributed by atoms with Gasteiger partial charge in [0.15, 0.2) is 0 Å². The van der Waals surface area contributed by atoms with Gasteiger partial charge < -0.3 is 16.0 Å². The maximum Gasteiger partial charge on any atom is 0.270 e. The van der Waals surface area contributed by atoms with Gasteiger partial charge in [-0.25, -0.2) is 0 Å². The van der Waals surface area contributed by atoms with Crippen LogP contribution in [0.2, 0.25) is 0 Å². The zero-order valence-corrected chi connectivity index (χ0v) is 18.9. The summed E-state index contributed by atoms with van der Waals surface area (Å²) in [6, 6.07) is 14.7. The maximum atomic E-state index is 13.2. The number of nitrogens with one attached hydrogen (secondary N) is 1. The third-order valence-electron chi connectivity index (χ3n) is 5.40. The Morgan fingerprint density at radius 3 is 2.33 bits per heavy atom. The van der Waals surface area contributed by atoms with E-state index in [0.717, 1.165) is 0 Å². The van der Waals surface area contributed by atoms with Crippen molar-refractivity contribution >= 4 is 36.6 Å². The van der Waals surface area contributed by atoms with E-state index in [1.807, 2.05) is 36.9 Å². The van der Waals surface area contributed by atoms with Crippen molar-refractivity contribution in [3.8, 4) is 0 Å². The van der Waals surface area contributed by atoms with E-state index >= 15 is 0 Å². The first-order chi connectivity index (χ1) is 13.5. The van der Waals surface area contributed by atoms with Crippen molar-refractivity contribution in [2.75, 3.05) is 19.6 Å². The average molecular weight is 453 g/mol. The highest BCUT2D eigenvalue weighted by molar-refractivity contribution is 5.96. The third kappa shape index (κ3) is 5.94. The zero-order valence-electron chi connectivity index (χ0n) is 17.2. The van der Waals surface area contributed by atoms with Gasteiger partial charge in [-0.1, -0.05) is 50.2 Å². The van der Waals surface area contributed by atoms with Crippen LogP contribution >= 0.6 is 24.8 Å². The largest absolute Gasteiger partial charge is 0.340 e. The fourth-order valence-electron chi connectivity index (χ4n) is 3.79. The number of aromatic nitrogens is 1. The molecule has 0 bridgehead atoms. The Kier molecular flexibility index (Phi) is 10.3. The van der Waals surface area contributed by atoms with Crippen LogP contribution in [0.5, 0.6) is 0 Å². The lowest BCUT2D eigenvalue weighted by Crippen LogP contribution is -2.51. The highest BCUT2D eigenvalue weighted by atomic mass is 35.5. The quantitative estimate of drug-likeness (QED) is 0.704. The van der Waals surface area contributed by atoms with Gasteiger partial charge in [0, 0.05) is 25.2 Å². The number of carbonyl (C=O) groups is 2. The van der Waals surface area contributed by atoms with Crippen LogP contribution in [0.4, 0.5) is 0 Å². The van der Waals surface area contributed by atoms with Crippen LogP contribution in [0.1, 0.15) is 35.8 Å². The molecule has 1 aliphatic rings. The smallest absolute Gasteiger partial charge is 0.270 e. The first-order valence-corrected chi connectivity index (χ1v) is 9.77. The summed E-state index contributed by atoms with van der Waals surface area (Å²) in [6.07, 6.45) is 1.57. The number of nitrogens with zero attached hydrogens (tertiary/aromatic N) is 2. The summed E-state index contributed by atoms with van der Waals surface area (Å²) in [4.78, 5) is 31.7. The first kappa shape index (κ1) is 25.9. The molecule has 164 valence electrons. The molecule has 3 rings (SSSR count). The molecule has 0 spiro atoms. The molecule has 2 aromatic rings. The highest BCUT2D eigenvalue weighted by Crippen LogP contribution is 2.32. The van der Waals surface area contributed by atoms with E-state index < -0.39 is 6.04 Å². The number of rotatable bonds is 6. The lowest BCUT2D eigenvalue weighted by molar-refractivity contribution is -0.133. The summed E-state index contributed by atoms with van der Waals surface area (Å²) < 4.78 is 0. The van der Waals surface area contributed by atoms with Crippen LogP contribution < -0.4 is 11.1 Å². The van der Waals surface area contributed by atoms with Crippen molar-refractivity contribution in [3.05, 3.63) is 66.0 Å². The molecule has 1 fully saturated rings. The molecule has 8 heteroatoms. The molecule has 1 aromatic heterocycles. The summed E-state index contributed by atoms with van der Waals surface area (Å²) in [5.74, 6) is 0.00497. The molecular weight excluding hydrogens is 423 g/mol. The Morgan fingerprint density at radius 2 is 1.77 bits per heavy atom. The first-order valence-electron chi connectivity index (χ1n) is 9.77. The van der Waals surface area contributed by atoms with Crippen LogP contribution in [0.3, 0.4) is 0 Å². The van der Waals surface area contributed by atoms with Crippen LogP contribution in [0.15, 0.2) is 54.7 Å². The average Bonchev–Trinajstić information content (AvgIpc) is 3.17. The van der Waals surface area contributed by atoms with Gasteiger partial charge in [-0.15, -0.1) is 24.8 Å². The molecule has 2 heterocycles. The van der Waals surface area contributed by atoms with Crippen molar-refractivity contribution in [1.82, 2.24) is 15.2 Å². The van der Waals surface area contributed by atoms with Gasteiger partial charge in [-0.2, -0.15) is 0 Å². The third-order valence-corrected chi connectivity index (χ3v) is 5.40. The number of benzene rings is 1. The van der Waals surface area contributed by atoms with Gasteiger partial charge in [0.25, 0.3) is 5.91 Å². The molecule has 1 aliphatic heterocycles. The molecule has 0 radical (unpaired) electrons. The van der Waals surface area contributed by atoms with E-state index in [0.29, 0.717) is 25.3 Å².